The highest BCUT2D eigenvalue weighted by atomic mass is 16.1. The lowest BCUT2D eigenvalue weighted by atomic mass is 10.1. The monoisotopic (exact) mass is 400 g/mol. The largest absolute Gasteiger partial charge is 0.357 e. The average Bonchev–Trinajstić information content (AvgIpc) is 2.75. The fourth-order valence-electron chi connectivity index (χ4n) is 3.04. The van der Waals surface area contributed by atoms with Crippen molar-refractivity contribution in [1.82, 2.24) is 9.97 Å². The number of rotatable bonds is 7. The molecule has 0 aliphatic carbocycles. The molecule has 1 aromatic heterocycles. The molecular formula is C23H24N6O. The highest BCUT2D eigenvalue weighted by molar-refractivity contribution is 6.04. The Bertz CT molecular complexity index is 1070. The molecule has 0 radical (unpaired) electrons. The minimum atomic E-state index is -0.261. The Kier molecular flexibility index (Phi) is 6.60. The lowest BCUT2D eigenvalue weighted by Gasteiger charge is -2.20. The predicted octanol–water partition coefficient (Wildman–Crippen LogP) is 4.50. The van der Waals surface area contributed by atoms with Crippen molar-refractivity contribution in [2.24, 2.45) is 0 Å². The molecule has 0 unspecified atom stereocenters. The first kappa shape index (κ1) is 20.8. The van der Waals surface area contributed by atoms with Crippen molar-refractivity contribution in [3.8, 4) is 6.07 Å². The third-order valence-electron chi connectivity index (χ3n) is 4.58. The molecule has 0 aliphatic heterocycles. The first-order valence-corrected chi connectivity index (χ1v) is 9.81. The lowest BCUT2D eigenvalue weighted by molar-refractivity contribution is 0.102. The number of hydrogen-bond donors (Lipinski definition) is 2. The number of amides is 1. The molecule has 1 heterocycles. The van der Waals surface area contributed by atoms with E-state index in [1.165, 1.54) is 0 Å². The molecule has 0 saturated carbocycles. The van der Waals surface area contributed by atoms with Crippen LogP contribution in [0.3, 0.4) is 0 Å². The van der Waals surface area contributed by atoms with Gasteiger partial charge in [-0.25, -0.2) is 9.97 Å². The zero-order valence-electron chi connectivity index (χ0n) is 17.3. The number of nitriles is 1. The smallest absolute Gasteiger partial charge is 0.255 e. The Labute approximate surface area is 176 Å². The van der Waals surface area contributed by atoms with Crippen molar-refractivity contribution in [3.63, 3.8) is 0 Å². The molecule has 0 aliphatic rings. The van der Waals surface area contributed by atoms with Gasteiger partial charge >= 0.3 is 0 Å². The quantitative estimate of drug-likeness (QED) is 0.606. The van der Waals surface area contributed by atoms with Gasteiger partial charge in [-0.2, -0.15) is 5.26 Å². The van der Waals surface area contributed by atoms with Crippen molar-refractivity contribution in [3.05, 3.63) is 71.5 Å². The number of benzene rings is 2. The van der Waals surface area contributed by atoms with Crippen molar-refractivity contribution in [2.75, 3.05) is 28.6 Å². The Morgan fingerprint density at radius 3 is 2.40 bits per heavy atom. The molecule has 7 heteroatoms. The number of hydrogen-bond acceptors (Lipinski definition) is 6. The van der Waals surface area contributed by atoms with Crippen LogP contribution in [0, 0.1) is 18.3 Å². The molecule has 0 fully saturated rings. The Morgan fingerprint density at radius 1 is 1.03 bits per heavy atom. The molecule has 0 atom stereocenters. The summed E-state index contributed by atoms with van der Waals surface area (Å²) >= 11 is 0. The molecule has 2 N–H and O–H groups in total. The number of aromatic nitrogens is 2. The molecular weight excluding hydrogens is 376 g/mol. The lowest BCUT2D eigenvalue weighted by Crippen LogP contribution is -2.23. The Balaban J connectivity index is 1.70. The second kappa shape index (κ2) is 9.52. The minimum absolute atomic E-state index is 0.261. The standard InChI is InChI=1S/C23H24N6O/c1-4-29(5-2)22-14-21(25-16(3)26-22)27-19-9-11-20(12-10-19)28-23(30)18-8-6-7-17(13-18)15-24/h6-14H,4-5H2,1-3H3,(H,28,30)(H,25,26,27). The summed E-state index contributed by atoms with van der Waals surface area (Å²) < 4.78 is 0. The second-order valence-electron chi connectivity index (χ2n) is 6.68. The molecule has 30 heavy (non-hydrogen) atoms. The van der Waals surface area contributed by atoms with Gasteiger partial charge in [-0.3, -0.25) is 4.79 Å². The van der Waals surface area contributed by atoms with Gasteiger partial charge in [-0.1, -0.05) is 6.07 Å². The summed E-state index contributed by atoms with van der Waals surface area (Å²) in [6, 6.07) is 17.9. The van der Waals surface area contributed by atoms with Crippen LogP contribution >= 0.6 is 0 Å². The van der Waals surface area contributed by atoms with E-state index in [0.717, 1.165) is 30.4 Å². The van der Waals surface area contributed by atoms with Crippen LogP contribution in [-0.2, 0) is 0 Å². The molecule has 3 rings (SSSR count). The van der Waals surface area contributed by atoms with Crippen molar-refractivity contribution in [2.45, 2.75) is 20.8 Å². The molecule has 1 amide bonds. The summed E-state index contributed by atoms with van der Waals surface area (Å²) in [6.07, 6.45) is 0. The summed E-state index contributed by atoms with van der Waals surface area (Å²) in [6.45, 7) is 7.81. The number of nitrogens with zero attached hydrogens (tertiary/aromatic N) is 4. The summed E-state index contributed by atoms with van der Waals surface area (Å²) in [5, 5.41) is 15.1. The van der Waals surface area contributed by atoms with E-state index in [1.54, 1.807) is 24.3 Å². The highest BCUT2D eigenvalue weighted by Gasteiger charge is 2.09. The van der Waals surface area contributed by atoms with Crippen LogP contribution in [0.4, 0.5) is 23.0 Å². The fraction of sp³-hybridized carbons (Fsp3) is 0.217. The fourth-order valence-corrected chi connectivity index (χ4v) is 3.04. The van der Waals surface area contributed by atoms with Gasteiger partial charge in [-0.15, -0.1) is 0 Å². The molecule has 2 aromatic carbocycles. The van der Waals surface area contributed by atoms with Crippen LogP contribution in [0.25, 0.3) is 0 Å². The summed E-state index contributed by atoms with van der Waals surface area (Å²) in [4.78, 5) is 23.5. The van der Waals surface area contributed by atoms with E-state index >= 15 is 0 Å². The maximum Gasteiger partial charge on any atom is 0.255 e. The summed E-state index contributed by atoms with van der Waals surface area (Å²) in [5.41, 5.74) is 2.40. The van der Waals surface area contributed by atoms with Gasteiger partial charge in [0.15, 0.2) is 0 Å². The maximum atomic E-state index is 12.4. The van der Waals surface area contributed by atoms with Crippen molar-refractivity contribution < 1.29 is 4.79 Å². The maximum absolute atomic E-state index is 12.4. The number of anilines is 4. The Hall–Kier alpha value is -3.92. The van der Waals surface area contributed by atoms with Crippen LogP contribution in [-0.4, -0.2) is 29.0 Å². The zero-order valence-corrected chi connectivity index (χ0v) is 17.3. The summed E-state index contributed by atoms with van der Waals surface area (Å²) in [5.74, 6) is 2.04. The van der Waals surface area contributed by atoms with E-state index in [-0.39, 0.29) is 5.91 Å². The first-order chi connectivity index (χ1) is 14.5. The van der Waals surface area contributed by atoms with Crippen LogP contribution in [0.1, 0.15) is 35.6 Å². The predicted molar refractivity (Wildman–Crippen MR) is 119 cm³/mol. The van der Waals surface area contributed by atoms with Crippen LogP contribution < -0.4 is 15.5 Å². The van der Waals surface area contributed by atoms with Gasteiger partial charge < -0.3 is 15.5 Å². The number of aryl methyl sites for hydroxylation is 1. The molecule has 0 spiro atoms. The molecule has 0 bridgehead atoms. The Morgan fingerprint density at radius 2 is 1.73 bits per heavy atom. The number of carbonyl (C=O) groups excluding carboxylic acids is 1. The van der Waals surface area contributed by atoms with Crippen LogP contribution in [0.2, 0.25) is 0 Å². The molecule has 3 aromatic rings. The van der Waals surface area contributed by atoms with E-state index in [0.29, 0.717) is 22.6 Å². The average molecular weight is 400 g/mol. The minimum Gasteiger partial charge on any atom is -0.357 e. The van der Waals surface area contributed by atoms with Gasteiger partial charge in [0.05, 0.1) is 11.6 Å². The van der Waals surface area contributed by atoms with Gasteiger partial charge in [-0.05, 0) is 63.2 Å². The van der Waals surface area contributed by atoms with E-state index in [2.05, 4.69) is 39.3 Å². The van der Waals surface area contributed by atoms with Gasteiger partial charge in [0, 0.05) is 36.1 Å². The molecule has 0 saturated heterocycles. The van der Waals surface area contributed by atoms with E-state index < -0.39 is 0 Å². The topological polar surface area (TPSA) is 93.9 Å². The normalized spacial score (nSPS) is 10.2. The third kappa shape index (κ3) is 5.11. The zero-order chi connectivity index (χ0) is 21.5. The second-order valence-corrected chi connectivity index (χ2v) is 6.68. The SMILES string of the molecule is CCN(CC)c1cc(Nc2ccc(NC(=O)c3cccc(C#N)c3)cc2)nc(C)n1. The number of nitrogens with one attached hydrogen (secondary N) is 2. The van der Waals surface area contributed by atoms with Gasteiger partial charge in [0.25, 0.3) is 5.91 Å². The van der Waals surface area contributed by atoms with Crippen LogP contribution in [0.5, 0.6) is 0 Å². The third-order valence-corrected chi connectivity index (χ3v) is 4.58. The van der Waals surface area contributed by atoms with E-state index in [1.807, 2.05) is 43.3 Å². The highest BCUT2D eigenvalue weighted by Crippen LogP contribution is 2.21. The van der Waals surface area contributed by atoms with Crippen LogP contribution in [0.15, 0.2) is 54.6 Å². The number of carbonyl (C=O) groups is 1. The van der Waals surface area contributed by atoms with Gasteiger partial charge in [0.2, 0.25) is 0 Å². The molecule has 7 nitrogen and oxygen atoms in total. The van der Waals surface area contributed by atoms with Crippen molar-refractivity contribution in [1.29, 1.82) is 5.26 Å². The first-order valence-electron chi connectivity index (χ1n) is 9.81. The van der Waals surface area contributed by atoms with Crippen molar-refractivity contribution >= 4 is 28.9 Å². The van der Waals surface area contributed by atoms with E-state index in [4.69, 9.17) is 5.26 Å². The van der Waals surface area contributed by atoms with E-state index in [9.17, 15) is 4.79 Å². The summed E-state index contributed by atoms with van der Waals surface area (Å²) in [7, 11) is 0. The van der Waals surface area contributed by atoms with Gasteiger partial charge in [0.1, 0.15) is 17.5 Å². The molecule has 152 valence electrons.